The number of aliphatic hydroxyl groups is 1. The van der Waals surface area contributed by atoms with Crippen molar-refractivity contribution < 1.29 is 28.2 Å². The van der Waals surface area contributed by atoms with E-state index in [0.29, 0.717) is 11.1 Å². The molecule has 2 aromatic carbocycles. The van der Waals surface area contributed by atoms with Crippen LogP contribution in [0.5, 0.6) is 5.88 Å². The molecule has 3 atom stereocenters. The summed E-state index contributed by atoms with van der Waals surface area (Å²) in [7, 11) is 1.57. The lowest BCUT2D eigenvalue weighted by atomic mass is 9.99. The van der Waals surface area contributed by atoms with Gasteiger partial charge >= 0.3 is 6.03 Å². The Hall–Kier alpha value is -4.05. The molecular weight excluding hydrogens is 494 g/mol. The lowest BCUT2D eigenvalue weighted by Crippen LogP contribution is -2.50. The van der Waals surface area contributed by atoms with Crippen LogP contribution in [0.25, 0.3) is 11.1 Å². The van der Waals surface area contributed by atoms with Gasteiger partial charge in [0.1, 0.15) is 23.3 Å². The third-order valence-corrected chi connectivity index (χ3v) is 6.61. The van der Waals surface area contributed by atoms with Gasteiger partial charge in [-0.3, -0.25) is 4.79 Å². The van der Waals surface area contributed by atoms with E-state index in [1.54, 1.807) is 43.1 Å². The average Bonchev–Trinajstić information content (AvgIpc) is 2.91. The van der Waals surface area contributed by atoms with E-state index in [1.807, 2.05) is 6.92 Å². The largest absolute Gasteiger partial charge is 0.472 e. The fourth-order valence-electron chi connectivity index (χ4n) is 4.25. The Labute approximate surface area is 219 Å². The van der Waals surface area contributed by atoms with Crippen LogP contribution in [0.4, 0.5) is 19.3 Å². The van der Waals surface area contributed by atoms with E-state index >= 15 is 0 Å². The van der Waals surface area contributed by atoms with Crippen LogP contribution < -0.4 is 10.1 Å². The van der Waals surface area contributed by atoms with Crippen LogP contribution >= 0.6 is 0 Å². The summed E-state index contributed by atoms with van der Waals surface area (Å²) < 4.78 is 33.7. The Balaban J connectivity index is 1.63. The van der Waals surface area contributed by atoms with Crippen LogP contribution in [-0.2, 0) is 0 Å². The van der Waals surface area contributed by atoms with Gasteiger partial charge in [0.15, 0.2) is 0 Å². The molecule has 3 aromatic rings. The Bertz CT molecular complexity index is 1300. The Morgan fingerprint density at radius 3 is 2.61 bits per heavy atom. The standard InChI is InChI=1S/C28H30F2N4O4/c1-17-14-34(18(2)16-35)27(36)22-12-20(19-8-10-21(29)11-9-19)13-31-26(22)38-25(17)15-33(3)28(37)32-24-7-5-4-6-23(24)30/h4-13,17-18,25,35H,14-16H2,1-3H3,(H,32,37)/t17-,18+,25-/m0/s1. The molecule has 8 nitrogen and oxygen atoms in total. The maximum Gasteiger partial charge on any atom is 0.321 e. The number of para-hydroxylation sites is 1. The van der Waals surface area contributed by atoms with Crippen LogP contribution in [0.1, 0.15) is 24.2 Å². The van der Waals surface area contributed by atoms with E-state index in [9.17, 15) is 23.5 Å². The minimum Gasteiger partial charge on any atom is -0.472 e. The number of pyridine rings is 1. The summed E-state index contributed by atoms with van der Waals surface area (Å²) >= 11 is 0. The SMILES string of the molecule is C[C@H](CO)N1C[C@H](C)[C@H](CN(C)C(=O)Nc2ccccc2F)Oc2ncc(-c3ccc(F)cc3)cc2C1=O. The maximum absolute atomic E-state index is 14.0. The van der Waals surface area contributed by atoms with Crippen molar-refractivity contribution in [2.45, 2.75) is 26.0 Å². The van der Waals surface area contributed by atoms with E-state index < -0.39 is 24.0 Å². The van der Waals surface area contributed by atoms with Crippen molar-refractivity contribution in [2.24, 2.45) is 5.92 Å². The van der Waals surface area contributed by atoms with Gasteiger partial charge in [0.25, 0.3) is 5.91 Å². The van der Waals surface area contributed by atoms with Crippen molar-refractivity contribution >= 4 is 17.6 Å². The van der Waals surface area contributed by atoms with Gasteiger partial charge in [-0.2, -0.15) is 0 Å². The van der Waals surface area contributed by atoms with Crippen molar-refractivity contribution in [3.63, 3.8) is 0 Å². The highest BCUT2D eigenvalue weighted by molar-refractivity contribution is 5.98. The molecule has 1 aliphatic rings. The minimum atomic E-state index is -0.573. The number of amides is 3. The van der Waals surface area contributed by atoms with E-state index in [1.165, 1.54) is 41.4 Å². The second-order valence-corrected chi connectivity index (χ2v) is 9.50. The second kappa shape index (κ2) is 11.6. The van der Waals surface area contributed by atoms with Gasteiger partial charge in [-0.05, 0) is 42.8 Å². The summed E-state index contributed by atoms with van der Waals surface area (Å²) in [5, 5.41) is 12.4. The van der Waals surface area contributed by atoms with E-state index in [0.717, 1.165) is 0 Å². The number of nitrogens with one attached hydrogen (secondary N) is 1. The summed E-state index contributed by atoms with van der Waals surface area (Å²) in [4.78, 5) is 33.7. The second-order valence-electron chi connectivity index (χ2n) is 9.50. The van der Waals surface area contributed by atoms with Crippen molar-refractivity contribution in [2.75, 3.05) is 32.1 Å². The number of benzene rings is 2. The number of carbonyl (C=O) groups is 2. The number of fused-ring (bicyclic) bond motifs is 1. The molecule has 2 heterocycles. The fourth-order valence-corrected chi connectivity index (χ4v) is 4.25. The predicted octanol–water partition coefficient (Wildman–Crippen LogP) is 4.41. The van der Waals surface area contributed by atoms with Gasteiger partial charge in [0.2, 0.25) is 5.88 Å². The molecule has 2 N–H and O–H groups in total. The summed E-state index contributed by atoms with van der Waals surface area (Å²) in [6.07, 6.45) is 0.965. The zero-order chi connectivity index (χ0) is 27.4. The molecule has 1 aromatic heterocycles. The lowest BCUT2D eigenvalue weighted by Gasteiger charge is -2.37. The van der Waals surface area contributed by atoms with Gasteiger partial charge in [-0.1, -0.05) is 31.2 Å². The zero-order valence-corrected chi connectivity index (χ0v) is 21.4. The molecular formula is C28H30F2N4O4. The third-order valence-electron chi connectivity index (χ3n) is 6.61. The number of urea groups is 1. The van der Waals surface area contributed by atoms with Crippen molar-refractivity contribution in [1.82, 2.24) is 14.8 Å². The molecule has 0 fully saturated rings. The molecule has 0 saturated carbocycles. The minimum absolute atomic E-state index is 0.0601. The summed E-state index contributed by atoms with van der Waals surface area (Å²) in [5.41, 5.74) is 1.53. The van der Waals surface area contributed by atoms with Gasteiger partial charge < -0.3 is 25.0 Å². The first-order valence-electron chi connectivity index (χ1n) is 12.3. The highest BCUT2D eigenvalue weighted by Crippen LogP contribution is 2.30. The average molecular weight is 525 g/mol. The van der Waals surface area contributed by atoms with Crippen molar-refractivity contribution in [1.29, 1.82) is 0 Å². The predicted molar refractivity (Wildman–Crippen MR) is 139 cm³/mol. The molecule has 0 saturated heterocycles. The molecule has 3 amide bonds. The number of nitrogens with zero attached hydrogens (tertiary/aromatic N) is 3. The smallest absolute Gasteiger partial charge is 0.321 e. The zero-order valence-electron chi connectivity index (χ0n) is 21.4. The van der Waals surface area contributed by atoms with Crippen LogP contribution in [0.2, 0.25) is 0 Å². The van der Waals surface area contributed by atoms with Crippen LogP contribution in [-0.4, -0.2) is 70.7 Å². The van der Waals surface area contributed by atoms with E-state index in [4.69, 9.17) is 4.74 Å². The summed E-state index contributed by atoms with van der Waals surface area (Å²) in [5.74, 6) is -1.44. The summed E-state index contributed by atoms with van der Waals surface area (Å²) in [6, 6.07) is 12.3. The topological polar surface area (TPSA) is 95.0 Å². The van der Waals surface area contributed by atoms with Gasteiger partial charge in [-0.15, -0.1) is 0 Å². The monoisotopic (exact) mass is 524 g/mol. The molecule has 38 heavy (non-hydrogen) atoms. The number of anilines is 1. The van der Waals surface area contributed by atoms with Crippen molar-refractivity contribution in [3.8, 4) is 17.0 Å². The number of aliphatic hydroxyl groups excluding tert-OH is 1. The van der Waals surface area contributed by atoms with Crippen LogP contribution in [0.15, 0.2) is 60.8 Å². The number of halogens is 2. The number of likely N-dealkylation sites (N-methyl/N-ethyl adjacent to an activating group) is 1. The third kappa shape index (κ3) is 5.91. The number of carbonyl (C=O) groups excluding carboxylic acids is 2. The first-order chi connectivity index (χ1) is 18.2. The molecule has 0 aliphatic carbocycles. The number of rotatable bonds is 6. The molecule has 0 unspecified atom stereocenters. The van der Waals surface area contributed by atoms with Crippen LogP contribution in [0, 0.1) is 17.6 Å². The molecule has 0 spiro atoms. The molecule has 1 aliphatic heterocycles. The molecule has 0 bridgehead atoms. The number of hydrogen-bond acceptors (Lipinski definition) is 5. The number of hydrogen-bond donors (Lipinski definition) is 2. The van der Waals surface area contributed by atoms with Gasteiger partial charge in [0, 0.05) is 31.3 Å². The normalized spacial score (nSPS) is 18.1. The lowest BCUT2D eigenvalue weighted by molar-refractivity contribution is 0.0356. The maximum atomic E-state index is 14.0. The highest BCUT2D eigenvalue weighted by Gasteiger charge is 2.35. The van der Waals surface area contributed by atoms with Gasteiger partial charge in [0.05, 0.1) is 24.9 Å². The van der Waals surface area contributed by atoms with E-state index in [2.05, 4.69) is 10.3 Å². The first kappa shape index (κ1) is 27.0. The molecule has 0 radical (unpaired) electrons. The highest BCUT2D eigenvalue weighted by atomic mass is 19.1. The van der Waals surface area contributed by atoms with Gasteiger partial charge in [-0.25, -0.2) is 18.6 Å². The van der Waals surface area contributed by atoms with E-state index in [-0.39, 0.29) is 54.5 Å². The first-order valence-corrected chi connectivity index (χ1v) is 12.3. The Morgan fingerprint density at radius 2 is 1.92 bits per heavy atom. The molecule has 10 heteroatoms. The fraction of sp³-hybridized carbons (Fsp3) is 0.321. The van der Waals surface area contributed by atoms with Crippen LogP contribution in [0.3, 0.4) is 0 Å². The Morgan fingerprint density at radius 1 is 1.21 bits per heavy atom. The quantitative estimate of drug-likeness (QED) is 0.498. The Kier molecular flexibility index (Phi) is 8.21. The molecule has 200 valence electrons. The van der Waals surface area contributed by atoms with Crippen molar-refractivity contribution in [3.05, 3.63) is 78.0 Å². The molecule has 4 rings (SSSR count). The number of aromatic nitrogens is 1. The summed E-state index contributed by atoms with van der Waals surface area (Å²) in [6.45, 7) is 3.77. The number of ether oxygens (including phenoxy) is 1.